The molecule has 1 fully saturated rings. The van der Waals surface area contributed by atoms with Gasteiger partial charge in [0.1, 0.15) is 0 Å². The fourth-order valence-corrected chi connectivity index (χ4v) is 2.50. The van der Waals surface area contributed by atoms with E-state index < -0.39 is 17.4 Å². The number of ether oxygens (including phenoxy) is 1. The molecule has 4 heteroatoms. The van der Waals surface area contributed by atoms with Crippen molar-refractivity contribution in [2.45, 2.75) is 39.5 Å². The zero-order valence-electron chi connectivity index (χ0n) is 9.50. The average Bonchev–Trinajstić information content (AvgIpc) is 2.14. The second-order valence-electron chi connectivity index (χ2n) is 5.07. The Morgan fingerprint density at radius 1 is 1.27 bits per heavy atom. The molecular weight excluding hydrogens is 196 g/mol. The topological polar surface area (TPSA) is 63.6 Å². The SMILES string of the molecule is COC(=O)C1(C(=O)O)CCCC(C)(C)C1. The summed E-state index contributed by atoms with van der Waals surface area (Å²) in [5.74, 6) is -1.66. The van der Waals surface area contributed by atoms with Gasteiger partial charge in [-0.15, -0.1) is 0 Å². The molecule has 1 aliphatic rings. The van der Waals surface area contributed by atoms with Crippen LogP contribution < -0.4 is 0 Å². The monoisotopic (exact) mass is 214 g/mol. The van der Waals surface area contributed by atoms with Crippen LogP contribution in [-0.4, -0.2) is 24.2 Å². The largest absolute Gasteiger partial charge is 0.480 e. The third kappa shape index (κ3) is 2.13. The summed E-state index contributed by atoms with van der Waals surface area (Å²) >= 11 is 0. The van der Waals surface area contributed by atoms with Crippen molar-refractivity contribution in [2.75, 3.05) is 7.11 Å². The van der Waals surface area contributed by atoms with Gasteiger partial charge in [-0.05, 0) is 24.7 Å². The van der Waals surface area contributed by atoms with E-state index in [-0.39, 0.29) is 5.41 Å². The van der Waals surface area contributed by atoms with Gasteiger partial charge in [0.25, 0.3) is 0 Å². The lowest BCUT2D eigenvalue weighted by Gasteiger charge is -2.39. The molecule has 86 valence electrons. The zero-order valence-corrected chi connectivity index (χ0v) is 9.50. The molecule has 0 radical (unpaired) electrons. The van der Waals surface area contributed by atoms with Crippen LogP contribution in [0.5, 0.6) is 0 Å². The highest BCUT2D eigenvalue weighted by atomic mass is 16.5. The average molecular weight is 214 g/mol. The van der Waals surface area contributed by atoms with Crippen molar-refractivity contribution in [3.8, 4) is 0 Å². The smallest absolute Gasteiger partial charge is 0.323 e. The number of carboxylic acids is 1. The van der Waals surface area contributed by atoms with Crippen molar-refractivity contribution in [3.05, 3.63) is 0 Å². The molecule has 1 rings (SSSR count). The van der Waals surface area contributed by atoms with E-state index in [0.717, 1.165) is 12.8 Å². The Hall–Kier alpha value is -1.06. The molecule has 1 atom stereocenters. The van der Waals surface area contributed by atoms with Crippen LogP contribution in [0.2, 0.25) is 0 Å². The molecule has 0 aromatic rings. The molecule has 0 saturated heterocycles. The third-order valence-corrected chi connectivity index (χ3v) is 3.22. The molecule has 0 aromatic heterocycles. The number of carbonyl (C=O) groups is 2. The first-order chi connectivity index (χ1) is 6.84. The number of rotatable bonds is 2. The minimum Gasteiger partial charge on any atom is -0.480 e. The van der Waals surface area contributed by atoms with Crippen LogP contribution >= 0.6 is 0 Å². The Bertz CT molecular complexity index is 282. The molecule has 15 heavy (non-hydrogen) atoms. The van der Waals surface area contributed by atoms with Crippen LogP contribution in [0.25, 0.3) is 0 Å². The van der Waals surface area contributed by atoms with Crippen molar-refractivity contribution in [1.29, 1.82) is 0 Å². The summed E-state index contributed by atoms with van der Waals surface area (Å²) in [5.41, 5.74) is -1.43. The quantitative estimate of drug-likeness (QED) is 0.562. The predicted molar refractivity (Wildman–Crippen MR) is 54.3 cm³/mol. The van der Waals surface area contributed by atoms with E-state index in [0.29, 0.717) is 12.8 Å². The van der Waals surface area contributed by atoms with Gasteiger partial charge in [0.05, 0.1) is 7.11 Å². The highest BCUT2D eigenvalue weighted by Gasteiger charge is 2.52. The van der Waals surface area contributed by atoms with Crippen molar-refractivity contribution < 1.29 is 19.4 Å². The van der Waals surface area contributed by atoms with Gasteiger partial charge in [-0.1, -0.05) is 20.3 Å². The fraction of sp³-hybridized carbons (Fsp3) is 0.818. The molecule has 0 aliphatic heterocycles. The summed E-state index contributed by atoms with van der Waals surface area (Å²) in [5, 5.41) is 9.22. The molecule has 1 saturated carbocycles. The second kappa shape index (κ2) is 3.83. The van der Waals surface area contributed by atoms with Gasteiger partial charge in [0, 0.05) is 0 Å². The molecular formula is C11H18O4. The van der Waals surface area contributed by atoms with E-state index in [1.54, 1.807) is 0 Å². The van der Waals surface area contributed by atoms with Gasteiger partial charge in [0.2, 0.25) is 0 Å². The first kappa shape index (κ1) is 12.0. The van der Waals surface area contributed by atoms with Crippen LogP contribution in [0.1, 0.15) is 39.5 Å². The molecule has 0 heterocycles. The van der Waals surface area contributed by atoms with Gasteiger partial charge in [0.15, 0.2) is 5.41 Å². The normalized spacial score (nSPS) is 29.5. The zero-order chi connectivity index (χ0) is 11.7. The van der Waals surface area contributed by atoms with Crippen LogP contribution in [0, 0.1) is 10.8 Å². The van der Waals surface area contributed by atoms with Gasteiger partial charge >= 0.3 is 11.9 Å². The van der Waals surface area contributed by atoms with Crippen LogP contribution in [0.4, 0.5) is 0 Å². The number of carbonyl (C=O) groups excluding carboxylic acids is 1. The Morgan fingerprint density at radius 2 is 1.87 bits per heavy atom. The summed E-state index contributed by atoms with van der Waals surface area (Å²) in [7, 11) is 1.24. The van der Waals surface area contributed by atoms with Crippen molar-refractivity contribution in [3.63, 3.8) is 0 Å². The molecule has 0 amide bonds. The fourth-order valence-electron chi connectivity index (χ4n) is 2.50. The number of carboxylic acid groups (broad SMARTS) is 1. The van der Waals surface area contributed by atoms with Gasteiger partial charge < -0.3 is 9.84 Å². The molecule has 0 aromatic carbocycles. The molecule has 0 spiro atoms. The highest BCUT2D eigenvalue weighted by molar-refractivity contribution is 5.99. The molecule has 4 nitrogen and oxygen atoms in total. The maximum Gasteiger partial charge on any atom is 0.323 e. The molecule has 1 N–H and O–H groups in total. The van der Waals surface area contributed by atoms with E-state index in [2.05, 4.69) is 4.74 Å². The van der Waals surface area contributed by atoms with Gasteiger partial charge in [-0.3, -0.25) is 9.59 Å². The summed E-state index contributed by atoms with van der Waals surface area (Å²) in [6.45, 7) is 3.99. The molecule has 1 unspecified atom stereocenters. The Balaban J connectivity index is 3.01. The lowest BCUT2D eigenvalue weighted by atomic mass is 9.63. The highest BCUT2D eigenvalue weighted by Crippen LogP contribution is 2.47. The summed E-state index contributed by atoms with van der Waals surface area (Å²) in [4.78, 5) is 22.9. The van der Waals surface area contributed by atoms with E-state index in [4.69, 9.17) is 0 Å². The maximum absolute atomic E-state index is 11.6. The summed E-state index contributed by atoms with van der Waals surface area (Å²) in [6, 6.07) is 0. The van der Waals surface area contributed by atoms with Crippen molar-refractivity contribution in [2.24, 2.45) is 10.8 Å². The minimum absolute atomic E-state index is 0.106. The first-order valence-corrected chi connectivity index (χ1v) is 5.16. The van der Waals surface area contributed by atoms with E-state index in [1.807, 2.05) is 13.8 Å². The molecule has 1 aliphatic carbocycles. The third-order valence-electron chi connectivity index (χ3n) is 3.22. The number of hydrogen-bond acceptors (Lipinski definition) is 3. The standard InChI is InChI=1S/C11H18O4/c1-10(2)5-4-6-11(7-10,8(12)13)9(14)15-3/h4-7H2,1-3H3,(H,12,13). The number of esters is 1. The predicted octanol–water partition coefficient (Wildman–Crippen LogP) is 1.83. The Kier molecular flexibility index (Phi) is 3.07. The first-order valence-electron chi connectivity index (χ1n) is 5.16. The van der Waals surface area contributed by atoms with Gasteiger partial charge in [-0.25, -0.2) is 0 Å². The minimum atomic E-state index is -1.32. The van der Waals surface area contributed by atoms with Crippen LogP contribution in [-0.2, 0) is 14.3 Å². The number of hydrogen-bond donors (Lipinski definition) is 1. The van der Waals surface area contributed by atoms with Crippen LogP contribution in [0.15, 0.2) is 0 Å². The Morgan fingerprint density at radius 3 is 2.27 bits per heavy atom. The lowest BCUT2D eigenvalue weighted by molar-refractivity contribution is -0.172. The van der Waals surface area contributed by atoms with Crippen molar-refractivity contribution in [1.82, 2.24) is 0 Å². The number of methoxy groups -OCH3 is 1. The van der Waals surface area contributed by atoms with E-state index in [1.165, 1.54) is 7.11 Å². The number of aliphatic carboxylic acids is 1. The second-order valence-corrected chi connectivity index (χ2v) is 5.07. The summed E-state index contributed by atoms with van der Waals surface area (Å²) < 4.78 is 4.63. The van der Waals surface area contributed by atoms with E-state index in [9.17, 15) is 14.7 Å². The lowest BCUT2D eigenvalue weighted by Crippen LogP contribution is -2.46. The van der Waals surface area contributed by atoms with E-state index >= 15 is 0 Å². The molecule has 0 bridgehead atoms. The van der Waals surface area contributed by atoms with Gasteiger partial charge in [-0.2, -0.15) is 0 Å². The summed E-state index contributed by atoms with van der Waals surface area (Å²) in [6.07, 6.45) is 2.47. The Labute approximate surface area is 89.6 Å². The van der Waals surface area contributed by atoms with Crippen molar-refractivity contribution >= 4 is 11.9 Å². The maximum atomic E-state index is 11.6. The van der Waals surface area contributed by atoms with Crippen LogP contribution in [0.3, 0.4) is 0 Å².